The van der Waals surface area contributed by atoms with Crippen molar-refractivity contribution in [2.75, 3.05) is 13.7 Å². The minimum Gasteiger partial charge on any atom is -0.377 e. The van der Waals surface area contributed by atoms with Gasteiger partial charge in [0.05, 0.1) is 13.1 Å². The molecule has 0 radical (unpaired) electrons. The summed E-state index contributed by atoms with van der Waals surface area (Å²) in [5.74, 6) is 2.37. The van der Waals surface area contributed by atoms with Gasteiger partial charge >= 0.3 is 0 Å². The summed E-state index contributed by atoms with van der Waals surface area (Å²) in [5.41, 5.74) is 0.875. The summed E-state index contributed by atoms with van der Waals surface area (Å²) in [7, 11) is 1.64. The number of rotatable bonds is 8. The zero-order chi connectivity index (χ0) is 14.4. The average Bonchev–Trinajstić information content (AvgIpc) is 3.01. The first-order valence-corrected chi connectivity index (χ1v) is 6.83. The Morgan fingerprint density at radius 2 is 2.30 bits per heavy atom. The van der Waals surface area contributed by atoms with Crippen molar-refractivity contribution in [1.29, 1.82) is 0 Å². The maximum absolute atomic E-state index is 5.18. The molecule has 0 saturated carbocycles. The van der Waals surface area contributed by atoms with Gasteiger partial charge in [-0.2, -0.15) is 0 Å². The van der Waals surface area contributed by atoms with Crippen LogP contribution in [0.15, 0.2) is 23.0 Å². The van der Waals surface area contributed by atoms with Gasteiger partial charge in [-0.15, -0.1) is 0 Å². The third-order valence-electron chi connectivity index (χ3n) is 2.86. The number of nitrogens with zero attached hydrogens (tertiary/aromatic N) is 3. The Kier molecular flexibility index (Phi) is 5.31. The molecule has 0 saturated heterocycles. The molecule has 0 bridgehead atoms. The number of aromatic nitrogens is 3. The number of methoxy groups -OCH3 is 1. The van der Waals surface area contributed by atoms with Crippen LogP contribution in [0.2, 0.25) is 0 Å². The quantitative estimate of drug-likeness (QED) is 0.798. The van der Waals surface area contributed by atoms with Crippen LogP contribution in [0.25, 0.3) is 0 Å². The molecule has 0 fully saturated rings. The minimum absolute atomic E-state index is 0.444. The summed E-state index contributed by atoms with van der Waals surface area (Å²) in [6.07, 6.45) is 3.76. The Bertz CT molecular complexity index is 519. The molecule has 0 aliphatic rings. The first-order valence-electron chi connectivity index (χ1n) is 6.83. The maximum Gasteiger partial charge on any atom is 0.162 e. The number of hydrogen-bond donors (Lipinski definition) is 1. The van der Waals surface area contributed by atoms with E-state index in [-0.39, 0.29) is 0 Å². The summed E-state index contributed by atoms with van der Waals surface area (Å²) in [6, 6.07) is 1.91. The largest absolute Gasteiger partial charge is 0.377 e. The first-order chi connectivity index (χ1) is 9.69. The molecule has 2 rings (SSSR count). The molecule has 0 aliphatic carbocycles. The first kappa shape index (κ1) is 14.7. The smallest absolute Gasteiger partial charge is 0.162 e. The predicted molar refractivity (Wildman–Crippen MR) is 75.1 cm³/mol. The van der Waals surface area contributed by atoms with E-state index in [0.717, 1.165) is 30.4 Å². The summed E-state index contributed by atoms with van der Waals surface area (Å²) < 4.78 is 12.3. The molecule has 0 spiro atoms. The van der Waals surface area contributed by atoms with Gasteiger partial charge < -0.3 is 19.1 Å². The van der Waals surface area contributed by atoms with Crippen LogP contribution in [0, 0.1) is 5.92 Å². The SMILES string of the molecule is COCc1cc(Cn2ccnc2CNCC(C)C)no1. The second-order valence-corrected chi connectivity index (χ2v) is 5.21. The second kappa shape index (κ2) is 7.21. The molecule has 6 nitrogen and oxygen atoms in total. The van der Waals surface area contributed by atoms with Crippen molar-refractivity contribution >= 4 is 0 Å². The summed E-state index contributed by atoms with van der Waals surface area (Å²) in [4.78, 5) is 4.37. The van der Waals surface area contributed by atoms with Gasteiger partial charge in [-0.3, -0.25) is 0 Å². The third-order valence-corrected chi connectivity index (χ3v) is 2.86. The molecular weight excluding hydrogens is 256 g/mol. The van der Waals surface area contributed by atoms with Crippen molar-refractivity contribution in [3.8, 4) is 0 Å². The molecule has 2 aromatic rings. The van der Waals surface area contributed by atoms with Gasteiger partial charge in [0.2, 0.25) is 0 Å². The topological polar surface area (TPSA) is 65.1 Å². The van der Waals surface area contributed by atoms with Crippen LogP contribution in [-0.4, -0.2) is 28.4 Å². The van der Waals surface area contributed by atoms with Crippen LogP contribution in [0.1, 0.15) is 31.1 Å². The van der Waals surface area contributed by atoms with Crippen molar-refractivity contribution in [3.63, 3.8) is 0 Å². The van der Waals surface area contributed by atoms with Crippen LogP contribution in [0.4, 0.5) is 0 Å². The van der Waals surface area contributed by atoms with Gasteiger partial charge in [-0.1, -0.05) is 19.0 Å². The van der Waals surface area contributed by atoms with Gasteiger partial charge in [0.1, 0.15) is 18.1 Å². The van der Waals surface area contributed by atoms with Crippen molar-refractivity contribution in [1.82, 2.24) is 20.0 Å². The van der Waals surface area contributed by atoms with E-state index in [1.54, 1.807) is 7.11 Å². The Morgan fingerprint density at radius 3 is 3.05 bits per heavy atom. The molecule has 0 unspecified atom stereocenters. The zero-order valence-electron chi connectivity index (χ0n) is 12.3. The Morgan fingerprint density at radius 1 is 1.45 bits per heavy atom. The lowest BCUT2D eigenvalue weighted by molar-refractivity contribution is 0.155. The van der Waals surface area contributed by atoms with Gasteiger partial charge in [0, 0.05) is 25.6 Å². The van der Waals surface area contributed by atoms with Gasteiger partial charge in [0.25, 0.3) is 0 Å². The Balaban J connectivity index is 1.93. The normalized spacial score (nSPS) is 11.4. The lowest BCUT2D eigenvalue weighted by Crippen LogP contribution is -2.21. The van der Waals surface area contributed by atoms with Crippen molar-refractivity contribution < 1.29 is 9.26 Å². The number of imidazole rings is 1. The standard InChI is InChI=1S/C14H22N4O2/c1-11(2)7-15-8-14-16-4-5-18(14)9-12-6-13(10-19-3)20-17-12/h4-6,11,15H,7-10H2,1-3H3. The average molecular weight is 278 g/mol. The number of hydrogen-bond acceptors (Lipinski definition) is 5. The van der Waals surface area contributed by atoms with Crippen LogP contribution in [0.3, 0.4) is 0 Å². The highest BCUT2D eigenvalue weighted by Crippen LogP contribution is 2.08. The molecule has 0 aliphatic heterocycles. The highest BCUT2D eigenvalue weighted by molar-refractivity contribution is 5.07. The lowest BCUT2D eigenvalue weighted by Gasteiger charge is -2.09. The highest BCUT2D eigenvalue weighted by Gasteiger charge is 2.08. The predicted octanol–water partition coefficient (Wildman–Crippen LogP) is 1.81. The van der Waals surface area contributed by atoms with Crippen molar-refractivity contribution in [2.24, 2.45) is 5.92 Å². The van der Waals surface area contributed by atoms with E-state index in [0.29, 0.717) is 19.1 Å². The van der Waals surface area contributed by atoms with E-state index in [1.165, 1.54) is 0 Å². The molecule has 6 heteroatoms. The van der Waals surface area contributed by atoms with Crippen molar-refractivity contribution in [3.05, 3.63) is 35.7 Å². The van der Waals surface area contributed by atoms with Crippen LogP contribution < -0.4 is 5.32 Å². The van der Waals surface area contributed by atoms with Crippen LogP contribution in [-0.2, 0) is 24.4 Å². The fourth-order valence-electron chi connectivity index (χ4n) is 1.94. The molecule has 110 valence electrons. The van der Waals surface area contributed by atoms with E-state index in [9.17, 15) is 0 Å². The minimum atomic E-state index is 0.444. The van der Waals surface area contributed by atoms with Gasteiger partial charge in [0.15, 0.2) is 5.76 Å². The monoisotopic (exact) mass is 278 g/mol. The fraction of sp³-hybridized carbons (Fsp3) is 0.571. The highest BCUT2D eigenvalue weighted by atomic mass is 16.5. The van der Waals surface area contributed by atoms with Gasteiger partial charge in [-0.25, -0.2) is 4.98 Å². The third kappa shape index (κ3) is 4.18. The lowest BCUT2D eigenvalue weighted by atomic mass is 10.2. The molecule has 2 aromatic heterocycles. The molecule has 0 aromatic carbocycles. The Labute approximate surface area is 119 Å². The van der Waals surface area contributed by atoms with E-state index >= 15 is 0 Å². The maximum atomic E-state index is 5.18. The summed E-state index contributed by atoms with van der Waals surface area (Å²) in [5, 5.41) is 7.43. The molecular formula is C14H22N4O2. The second-order valence-electron chi connectivity index (χ2n) is 5.21. The van der Waals surface area contributed by atoms with Crippen LogP contribution >= 0.6 is 0 Å². The van der Waals surface area contributed by atoms with E-state index in [1.807, 2.05) is 18.5 Å². The van der Waals surface area contributed by atoms with E-state index in [2.05, 4.69) is 33.9 Å². The molecule has 1 N–H and O–H groups in total. The number of ether oxygens (including phenoxy) is 1. The molecule has 0 atom stereocenters. The molecule has 20 heavy (non-hydrogen) atoms. The van der Waals surface area contributed by atoms with Crippen LogP contribution in [0.5, 0.6) is 0 Å². The summed E-state index contributed by atoms with van der Waals surface area (Å²) in [6.45, 7) is 7.22. The summed E-state index contributed by atoms with van der Waals surface area (Å²) >= 11 is 0. The number of nitrogens with one attached hydrogen (secondary N) is 1. The van der Waals surface area contributed by atoms with E-state index < -0.39 is 0 Å². The Hall–Kier alpha value is -1.66. The van der Waals surface area contributed by atoms with Gasteiger partial charge in [-0.05, 0) is 12.5 Å². The van der Waals surface area contributed by atoms with Crippen molar-refractivity contribution in [2.45, 2.75) is 33.5 Å². The molecule has 0 amide bonds. The zero-order valence-corrected chi connectivity index (χ0v) is 12.3. The van der Waals surface area contributed by atoms with E-state index in [4.69, 9.17) is 9.26 Å². The molecule has 2 heterocycles. The fourth-order valence-corrected chi connectivity index (χ4v) is 1.94.